The molecule has 0 spiro atoms. The molecular formula is C9H12INO. The van der Waals surface area contributed by atoms with Gasteiger partial charge in [-0.25, -0.2) is 0 Å². The number of hydrogen-bond donors (Lipinski definition) is 1. The van der Waals surface area contributed by atoms with Crippen LogP contribution in [0.3, 0.4) is 0 Å². The van der Waals surface area contributed by atoms with E-state index >= 15 is 0 Å². The number of hydrogen-bond acceptors (Lipinski definition) is 2. The fraction of sp³-hybridized carbons (Fsp3) is 0.556. The van der Waals surface area contributed by atoms with Crippen molar-refractivity contribution in [2.75, 3.05) is 13.2 Å². The van der Waals surface area contributed by atoms with Crippen molar-refractivity contribution in [1.29, 1.82) is 0 Å². The summed E-state index contributed by atoms with van der Waals surface area (Å²) in [5, 5.41) is 3.39. The Hall–Kier alpha value is -0.190. The van der Waals surface area contributed by atoms with Crippen LogP contribution in [0.5, 0.6) is 0 Å². The first-order valence-corrected chi connectivity index (χ1v) is 5.32. The Bertz CT molecular complexity index is 268. The Kier molecular flexibility index (Phi) is 2.30. The second kappa shape index (κ2) is 3.28. The summed E-state index contributed by atoms with van der Waals surface area (Å²) in [6.45, 7) is 3.93. The van der Waals surface area contributed by atoms with E-state index in [2.05, 4.69) is 34.8 Å². The van der Waals surface area contributed by atoms with Gasteiger partial charge in [-0.2, -0.15) is 0 Å². The van der Waals surface area contributed by atoms with E-state index in [0.29, 0.717) is 0 Å². The Morgan fingerprint density at radius 1 is 1.42 bits per heavy atom. The molecule has 1 aliphatic carbocycles. The molecule has 1 aliphatic heterocycles. The maximum atomic E-state index is 5.58. The average molecular weight is 277 g/mol. The number of rotatable bonds is 0. The largest absolute Gasteiger partial charge is 0.494 e. The summed E-state index contributed by atoms with van der Waals surface area (Å²) in [7, 11) is 0. The van der Waals surface area contributed by atoms with Gasteiger partial charge in [0, 0.05) is 13.0 Å². The third-order valence-corrected chi connectivity index (χ3v) is 3.66. The van der Waals surface area contributed by atoms with Crippen molar-refractivity contribution >= 4 is 22.6 Å². The quantitative estimate of drug-likeness (QED) is 0.686. The summed E-state index contributed by atoms with van der Waals surface area (Å²) in [6, 6.07) is 0. The molecule has 2 nitrogen and oxygen atoms in total. The van der Waals surface area contributed by atoms with Crippen molar-refractivity contribution in [3.63, 3.8) is 0 Å². The Balaban J connectivity index is 2.35. The van der Waals surface area contributed by atoms with Crippen LogP contribution < -0.4 is 5.32 Å². The zero-order valence-corrected chi connectivity index (χ0v) is 9.27. The van der Waals surface area contributed by atoms with Gasteiger partial charge >= 0.3 is 0 Å². The minimum atomic E-state index is 0.822. The smallest absolute Gasteiger partial charge is 0.120 e. The lowest BCUT2D eigenvalue weighted by atomic mass is 10.0. The molecule has 0 atom stereocenters. The van der Waals surface area contributed by atoms with Crippen LogP contribution in [0.4, 0.5) is 0 Å². The van der Waals surface area contributed by atoms with Crippen LogP contribution in [-0.4, -0.2) is 13.2 Å². The van der Waals surface area contributed by atoms with Crippen molar-refractivity contribution in [2.45, 2.75) is 19.8 Å². The maximum absolute atomic E-state index is 5.58. The third-order valence-electron chi connectivity index (χ3n) is 2.31. The highest BCUT2D eigenvalue weighted by Crippen LogP contribution is 2.33. The molecule has 66 valence electrons. The van der Waals surface area contributed by atoms with E-state index in [4.69, 9.17) is 4.74 Å². The van der Waals surface area contributed by atoms with Crippen LogP contribution in [0.2, 0.25) is 0 Å². The standard InChI is InChI=1S/C9H12INO/c1-6-7(10)2-3-8-9(6)11-4-5-12-8/h11H,2-5H2,1H3. The summed E-state index contributed by atoms with van der Waals surface area (Å²) in [5.74, 6) is 1.17. The summed E-state index contributed by atoms with van der Waals surface area (Å²) >= 11 is 2.42. The highest BCUT2D eigenvalue weighted by molar-refractivity contribution is 14.1. The zero-order chi connectivity index (χ0) is 8.55. The molecule has 2 aliphatic rings. The molecular weight excluding hydrogens is 265 g/mol. The highest BCUT2D eigenvalue weighted by Gasteiger charge is 2.20. The second-order valence-corrected chi connectivity index (χ2v) is 4.41. The molecule has 0 aromatic heterocycles. The molecule has 0 aromatic carbocycles. The topological polar surface area (TPSA) is 21.3 Å². The van der Waals surface area contributed by atoms with Gasteiger partial charge in [-0.15, -0.1) is 0 Å². The molecule has 1 heterocycles. The minimum Gasteiger partial charge on any atom is -0.494 e. The van der Waals surface area contributed by atoms with Crippen LogP contribution in [0.1, 0.15) is 19.8 Å². The molecule has 0 fully saturated rings. The summed E-state index contributed by atoms with van der Waals surface area (Å²) in [4.78, 5) is 0. The average Bonchev–Trinajstić information content (AvgIpc) is 2.12. The molecule has 0 saturated heterocycles. The Morgan fingerprint density at radius 2 is 2.25 bits per heavy atom. The van der Waals surface area contributed by atoms with Crippen LogP contribution in [0.25, 0.3) is 0 Å². The van der Waals surface area contributed by atoms with Crippen molar-refractivity contribution < 1.29 is 4.74 Å². The van der Waals surface area contributed by atoms with E-state index in [9.17, 15) is 0 Å². The summed E-state index contributed by atoms with van der Waals surface area (Å²) in [5.41, 5.74) is 2.62. The van der Waals surface area contributed by atoms with E-state index in [-0.39, 0.29) is 0 Å². The first-order valence-electron chi connectivity index (χ1n) is 4.24. The number of halogens is 1. The monoisotopic (exact) mass is 277 g/mol. The van der Waals surface area contributed by atoms with Crippen molar-refractivity contribution in [3.8, 4) is 0 Å². The van der Waals surface area contributed by atoms with Gasteiger partial charge in [0.25, 0.3) is 0 Å². The van der Waals surface area contributed by atoms with Crippen molar-refractivity contribution in [3.05, 3.63) is 20.6 Å². The number of allylic oxidation sites excluding steroid dienone is 3. The SMILES string of the molecule is CC1=C(I)CCC2=C1NCCO2. The molecule has 3 heteroatoms. The van der Waals surface area contributed by atoms with Gasteiger partial charge in [0.1, 0.15) is 12.4 Å². The van der Waals surface area contributed by atoms with Gasteiger partial charge in [0.2, 0.25) is 0 Å². The summed E-state index contributed by atoms with van der Waals surface area (Å²) in [6.07, 6.45) is 2.21. The van der Waals surface area contributed by atoms with Crippen LogP contribution in [-0.2, 0) is 4.74 Å². The van der Waals surface area contributed by atoms with E-state index in [1.807, 2.05) is 0 Å². The van der Waals surface area contributed by atoms with Crippen LogP contribution >= 0.6 is 22.6 Å². The molecule has 0 aromatic rings. The van der Waals surface area contributed by atoms with E-state index in [1.54, 1.807) is 0 Å². The third kappa shape index (κ3) is 1.34. The van der Waals surface area contributed by atoms with Gasteiger partial charge in [0.15, 0.2) is 0 Å². The Morgan fingerprint density at radius 3 is 3.08 bits per heavy atom. The van der Waals surface area contributed by atoms with Crippen LogP contribution in [0, 0.1) is 0 Å². The lowest BCUT2D eigenvalue weighted by Gasteiger charge is -2.27. The lowest BCUT2D eigenvalue weighted by Crippen LogP contribution is -2.29. The molecule has 2 rings (SSSR count). The zero-order valence-electron chi connectivity index (χ0n) is 7.11. The van der Waals surface area contributed by atoms with Gasteiger partial charge < -0.3 is 10.1 Å². The molecule has 12 heavy (non-hydrogen) atoms. The molecule has 0 bridgehead atoms. The van der Waals surface area contributed by atoms with Gasteiger partial charge in [0.05, 0.1) is 5.70 Å². The maximum Gasteiger partial charge on any atom is 0.120 e. The van der Waals surface area contributed by atoms with E-state index in [1.165, 1.54) is 20.6 Å². The van der Waals surface area contributed by atoms with Gasteiger partial charge in [-0.05, 0) is 45.1 Å². The molecule has 0 unspecified atom stereocenters. The van der Waals surface area contributed by atoms with Crippen molar-refractivity contribution in [2.24, 2.45) is 0 Å². The van der Waals surface area contributed by atoms with E-state index < -0.39 is 0 Å². The van der Waals surface area contributed by atoms with Crippen molar-refractivity contribution in [1.82, 2.24) is 5.32 Å². The predicted molar refractivity (Wildman–Crippen MR) is 56.9 cm³/mol. The second-order valence-electron chi connectivity index (χ2n) is 3.10. The number of ether oxygens (including phenoxy) is 1. The molecule has 0 radical (unpaired) electrons. The Labute approximate surface area is 86.2 Å². The predicted octanol–water partition coefficient (Wildman–Crippen LogP) is 2.32. The summed E-state index contributed by atoms with van der Waals surface area (Å²) < 4.78 is 7.04. The van der Waals surface area contributed by atoms with E-state index in [0.717, 1.165) is 26.0 Å². The molecule has 0 amide bonds. The normalized spacial score (nSPS) is 23.2. The number of nitrogens with one attached hydrogen (secondary N) is 1. The fourth-order valence-corrected chi connectivity index (χ4v) is 2.15. The van der Waals surface area contributed by atoms with Gasteiger partial charge in [-0.1, -0.05) is 0 Å². The van der Waals surface area contributed by atoms with Gasteiger partial charge in [-0.3, -0.25) is 0 Å². The molecule has 1 N–H and O–H groups in total. The molecule has 0 saturated carbocycles. The lowest BCUT2D eigenvalue weighted by molar-refractivity contribution is 0.181. The first-order chi connectivity index (χ1) is 5.79. The fourth-order valence-electron chi connectivity index (χ4n) is 1.61. The van der Waals surface area contributed by atoms with Crippen LogP contribution in [0.15, 0.2) is 20.6 Å². The minimum absolute atomic E-state index is 0.822. The highest BCUT2D eigenvalue weighted by atomic mass is 127. The first kappa shape index (κ1) is 8.41.